The third kappa shape index (κ3) is 2.79. The van der Waals surface area contributed by atoms with Crippen LogP contribution in [0.4, 0.5) is 0 Å². The predicted octanol–water partition coefficient (Wildman–Crippen LogP) is -0.498. The molecule has 0 bridgehead atoms. The first-order chi connectivity index (χ1) is 4.18. The maximum absolute atomic E-state index is 9.22. The number of rotatable bonds is 4. The lowest BCUT2D eigenvalue weighted by molar-refractivity contribution is -0.0343. The summed E-state index contributed by atoms with van der Waals surface area (Å²) in [6, 6.07) is 0. The molecule has 0 aromatic carbocycles. The van der Waals surface area contributed by atoms with Crippen molar-refractivity contribution in [2.45, 2.75) is 25.4 Å². The van der Waals surface area contributed by atoms with E-state index < -0.39 is 5.60 Å². The van der Waals surface area contributed by atoms with Crippen LogP contribution in [-0.4, -0.2) is 34.1 Å². The van der Waals surface area contributed by atoms with Gasteiger partial charge in [0.15, 0.2) is 0 Å². The Balaban J connectivity index is 3.62. The van der Waals surface area contributed by atoms with Crippen LogP contribution >= 0.6 is 0 Å². The fourth-order valence-electron chi connectivity index (χ4n) is 0.576. The van der Waals surface area contributed by atoms with E-state index in [1.165, 1.54) is 0 Å². The third-order valence-corrected chi connectivity index (χ3v) is 1.53. The molecule has 0 aromatic heterocycles. The topological polar surface area (TPSA) is 60.7 Å². The average molecular weight is 134 g/mol. The summed E-state index contributed by atoms with van der Waals surface area (Å²) in [5.74, 6) is 0. The zero-order valence-corrected chi connectivity index (χ0v) is 5.67. The van der Waals surface area contributed by atoms with Gasteiger partial charge in [0.2, 0.25) is 0 Å². The molecule has 1 atom stereocenters. The largest absolute Gasteiger partial charge is 0.396 e. The number of hydrogen-bond acceptors (Lipinski definition) is 3. The van der Waals surface area contributed by atoms with E-state index >= 15 is 0 Å². The van der Waals surface area contributed by atoms with Crippen molar-refractivity contribution in [3.05, 3.63) is 0 Å². The number of aliphatic hydroxyl groups excluding tert-OH is 2. The molecular weight excluding hydrogens is 120 g/mol. The summed E-state index contributed by atoms with van der Waals surface area (Å²) in [6.45, 7) is 1.42. The van der Waals surface area contributed by atoms with E-state index in [-0.39, 0.29) is 19.6 Å². The van der Waals surface area contributed by atoms with Gasteiger partial charge in [0.25, 0.3) is 0 Å². The van der Waals surface area contributed by atoms with Crippen LogP contribution in [0, 0.1) is 0 Å². The Morgan fingerprint density at radius 1 is 1.33 bits per heavy atom. The molecular formula is C6H14O3. The minimum atomic E-state index is -1.06. The first kappa shape index (κ1) is 8.88. The van der Waals surface area contributed by atoms with Crippen LogP contribution in [0.25, 0.3) is 0 Å². The smallest absolute Gasteiger partial charge is 0.0896 e. The fraction of sp³-hybridized carbons (Fsp3) is 1.00. The lowest BCUT2D eigenvalue weighted by Crippen LogP contribution is -2.33. The maximum atomic E-state index is 9.22. The molecule has 3 nitrogen and oxygen atoms in total. The van der Waals surface area contributed by atoms with Gasteiger partial charge in [-0.25, -0.2) is 0 Å². The second-order valence-corrected chi connectivity index (χ2v) is 2.21. The molecule has 0 spiro atoms. The van der Waals surface area contributed by atoms with Crippen molar-refractivity contribution in [3.8, 4) is 0 Å². The zero-order chi connectivity index (χ0) is 7.33. The molecule has 56 valence electrons. The molecule has 0 aliphatic carbocycles. The molecule has 1 unspecified atom stereocenters. The first-order valence-electron chi connectivity index (χ1n) is 3.12. The summed E-state index contributed by atoms with van der Waals surface area (Å²) in [5, 5.41) is 26.2. The summed E-state index contributed by atoms with van der Waals surface area (Å²) in [6.07, 6.45) is 0.726. The van der Waals surface area contributed by atoms with Crippen molar-refractivity contribution in [2.75, 3.05) is 13.2 Å². The average Bonchev–Trinajstić information content (AvgIpc) is 1.89. The van der Waals surface area contributed by atoms with Gasteiger partial charge in [0, 0.05) is 13.0 Å². The highest BCUT2D eigenvalue weighted by Gasteiger charge is 2.21. The van der Waals surface area contributed by atoms with Crippen molar-refractivity contribution in [3.63, 3.8) is 0 Å². The van der Waals surface area contributed by atoms with E-state index in [4.69, 9.17) is 10.2 Å². The van der Waals surface area contributed by atoms with E-state index in [0.29, 0.717) is 6.42 Å². The molecule has 0 aromatic rings. The van der Waals surface area contributed by atoms with Crippen molar-refractivity contribution in [2.24, 2.45) is 0 Å². The van der Waals surface area contributed by atoms with Gasteiger partial charge in [-0.15, -0.1) is 0 Å². The van der Waals surface area contributed by atoms with Crippen LogP contribution in [0.1, 0.15) is 19.8 Å². The summed E-state index contributed by atoms with van der Waals surface area (Å²) < 4.78 is 0. The molecule has 3 heteroatoms. The summed E-state index contributed by atoms with van der Waals surface area (Å²) in [4.78, 5) is 0. The van der Waals surface area contributed by atoms with Crippen LogP contribution < -0.4 is 0 Å². The molecule has 0 rings (SSSR count). The Labute approximate surface area is 54.9 Å². The molecule has 0 aliphatic rings. The second kappa shape index (κ2) is 3.82. The number of aliphatic hydroxyl groups is 3. The zero-order valence-electron chi connectivity index (χ0n) is 5.67. The highest BCUT2D eigenvalue weighted by Crippen LogP contribution is 2.12. The standard InChI is InChI=1S/C6H14O3/c1-2-6(9,5-8)3-4-7/h7-9H,2-5H2,1H3. The Bertz CT molecular complexity index is 68.7. The highest BCUT2D eigenvalue weighted by atomic mass is 16.3. The Kier molecular flexibility index (Phi) is 3.77. The van der Waals surface area contributed by atoms with Gasteiger partial charge >= 0.3 is 0 Å². The third-order valence-electron chi connectivity index (χ3n) is 1.53. The predicted molar refractivity (Wildman–Crippen MR) is 34.0 cm³/mol. The summed E-state index contributed by atoms with van der Waals surface area (Å²) in [7, 11) is 0. The molecule has 0 radical (unpaired) electrons. The van der Waals surface area contributed by atoms with Gasteiger partial charge in [-0.1, -0.05) is 6.92 Å². The second-order valence-electron chi connectivity index (χ2n) is 2.21. The van der Waals surface area contributed by atoms with Gasteiger partial charge in [-0.3, -0.25) is 0 Å². The minimum Gasteiger partial charge on any atom is -0.396 e. The Morgan fingerprint density at radius 3 is 2.00 bits per heavy atom. The van der Waals surface area contributed by atoms with Gasteiger partial charge < -0.3 is 15.3 Å². The first-order valence-corrected chi connectivity index (χ1v) is 3.12. The molecule has 3 N–H and O–H groups in total. The van der Waals surface area contributed by atoms with E-state index in [2.05, 4.69) is 0 Å². The molecule has 0 amide bonds. The Morgan fingerprint density at radius 2 is 1.89 bits per heavy atom. The molecule has 0 fully saturated rings. The van der Waals surface area contributed by atoms with Gasteiger partial charge in [-0.2, -0.15) is 0 Å². The summed E-state index contributed by atoms with van der Waals surface area (Å²) in [5.41, 5.74) is -1.06. The van der Waals surface area contributed by atoms with Gasteiger partial charge in [-0.05, 0) is 6.42 Å². The van der Waals surface area contributed by atoms with Crippen molar-refractivity contribution in [1.29, 1.82) is 0 Å². The van der Waals surface area contributed by atoms with Crippen molar-refractivity contribution >= 4 is 0 Å². The summed E-state index contributed by atoms with van der Waals surface area (Å²) >= 11 is 0. The lowest BCUT2D eigenvalue weighted by Gasteiger charge is -2.22. The van der Waals surface area contributed by atoms with E-state index in [1.807, 2.05) is 0 Å². The van der Waals surface area contributed by atoms with E-state index in [1.54, 1.807) is 6.92 Å². The molecule has 9 heavy (non-hydrogen) atoms. The molecule has 0 saturated heterocycles. The van der Waals surface area contributed by atoms with Crippen LogP contribution in [0.15, 0.2) is 0 Å². The van der Waals surface area contributed by atoms with E-state index in [0.717, 1.165) is 0 Å². The van der Waals surface area contributed by atoms with Crippen molar-refractivity contribution in [1.82, 2.24) is 0 Å². The van der Waals surface area contributed by atoms with E-state index in [9.17, 15) is 5.11 Å². The lowest BCUT2D eigenvalue weighted by atomic mass is 9.99. The molecule has 0 heterocycles. The fourth-order valence-corrected chi connectivity index (χ4v) is 0.576. The quantitative estimate of drug-likeness (QED) is 0.486. The van der Waals surface area contributed by atoms with Crippen LogP contribution in [0.5, 0.6) is 0 Å². The van der Waals surface area contributed by atoms with Gasteiger partial charge in [0.1, 0.15) is 0 Å². The highest BCUT2D eigenvalue weighted by molar-refractivity contribution is 4.74. The van der Waals surface area contributed by atoms with Crippen LogP contribution in [0.3, 0.4) is 0 Å². The Hall–Kier alpha value is -0.120. The normalized spacial score (nSPS) is 17.3. The number of hydrogen-bond donors (Lipinski definition) is 3. The van der Waals surface area contributed by atoms with Gasteiger partial charge in [0.05, 0.1) is 12.2 Å². The molecule has 0 aliphatic heterocycles. The monoisotopic (exact) mass is 134 g/mol. The van der Waals surface area contributed by atoms with Crippen molar-refractivity contribution < 1.29 is 15.3 Å². The SMILES string of the molecule is CCC(O)(CO)CCO. The maximum Gasteiger partial charge on any atom is 0.0896 e. The minimum absolute atomic E-state index is 0.0785. The van der Waals surface area contributed by atoms with Crippen LogP contribution in [0.2, 0.25) is 0 Å². The van der Waals surface area contributed by atoms with Crippen LogP contribution in [-0.2, 0) is 0 Å². The molecule has 0 saturated carbocycles.